The minimum Gasteiger partial charge on any atom is -0.348 e. The molecule has 7 heteroatoms. The Hall–Kier alpha value is -2.15. The fourth-order valence-electron chi connectivity index (χ4n) is 3.64. The van der Waals surface area contributed by atoms with Gasteiger partial charge in [0.15, 0.2) is 0 Å². The molecule has 0 aromatic carbocycles. The van der Waals surface area contributed by atoms with Crippen LogP contribution in [0.25, 0.3) is 11.3 Å². The maximum atomic E-state index is 12.6. The monoisotopic (exact) mass is 330 g/mol. The van der Waals surface area contributed by atoms with Crippen molar-refractivity contribution in [3.05, 3.63) is 23.1 Å². The van der Waals surface area contributed by atoms with Crippen LogP contribution in [-0.4, -0.2) is 38.5 Å². The Balaban J connectivity index is 1.76. The van der Waals surface area contributed by atoms with E-state index in [0.717, 1.165) is 41.9 Å². The number of nitrogens with one attached hydrogen (secondary N) is 2. The van der Waals surface area contributed by atoms with Gasteiger partial charge in [0, 0.05) is 24.3 Å². The van der Waals surface area contributed by atoms with Crippen molar-refractivity contribution in [3.8, 4) is 11.3 Å². The number of aromatic nitrogens is 4. The van der Waals surface area contributed by atoms with E-state index in [-0.39, 0.29) is 11.9 Å². The van der Waals surface area contributed by atoms with Crippen LogP contribution < -0.4 is 11.1 Å². The number of hydrogen-bond acceptors (Lipinski definition) is 4. The molecule has 0 saturated heterocycles. The summed E-state index contributed by atoms with van der Waals surface area (Å²) >= 11 is 0. The number of nitrogens with zero attached hydrogens (tertiary/aromatic N) is 3. The van der Waals surface area contributed by atoms with Crippen molar-refractivity contribution in [2.24, 2.45) is 18.7 Å². The summed E-state index contributed by atoms with van der Waals surface area (Å²) < 4.78 is 1.83. The number of aromatic amines is 1. The van der Waals surface area contributed by atoms with Crippen LogP contribution in [0.15, 0.2) is 6.07 Å². The zero-order valence-corrected chi connectivity index (χ0v) is 14.6. The van der Waals surface area contributed by atoms with E-state index in [2.05, 4.69) is 20.6 Å². The molecule has 7 nitrogen and oxygen atoms in total. The fraction of sp³-hybridized carbons (Fsp3) is 0.588. The van der Waals surface area contributed by atoms with Crippen molar-refractivity contribution < 1.29 is 4.79 Å². The highest BCUT2D eigenvalue weighted by atomic mass is 16.2. The number of hydrogen-bond donors (Lipinski definition) is 3. The van der Waals surface area contributed by atoms with Gasteiger partial charge in [0.2, 0.25) is 0 Å². The molecule has 1 aliphatic rings. The van der Waals surface area contributed by atoms with E-state index in [4.69, 9.17) is 5.73 Å². The van der Waals surface area contributed by atoms with Crippen molar-refractivity contribution in [1.29, 1.82) is 0 Å². The Labute approximate surface area is 142 Å². The van der Waals surface area contributed by atoms with Gasteiger partial charge in [-0.1, -0.05) is 12.8 Å². The molecular weight excluding hydrogens is 304 g/mol. The average Bonchev–Trinajstić information content (AvgIpc) is 3.13. The number of aryl methyl sites for hydroxylation is 2. The SMILES string of the molecule is Cc1nn(C)c(C)c1-c1cc(C(=O)NC2CCCCC2CN)[nH]n1. The van der Waals surface area contributed by atoms with Crippen molar-refractivity contribution >= 4 is 5.91 Å². The highest BCUT2D eigenvalue weighted by Crippen LogP contribution is 2.26. The maximum Gasteiger partial charge on any atom is 0.269 e. The Morgan fingerprint density at radius 2 is 2.17 bits per heavy atom. The van der Waals surface area contributed by atoms with Crippen molar-refractivity contribution in [3.63, 3.8) is 0 Å². The Morgan fingerprint density at radius 1 is 1.42 bits per heavy atom. The van der Waals surface area contributed by atoms with Gasteiger partial charge >= 0.3 is 0 Å². The summed E-state index contributed by atoms with van der Waals surface area (Å²) in [5, 5.41) is 14.7. The number of nitrogens with two attached hydrogens (primary N) is 1. The lowest BCUT2D eigenvalue weighted by atomic mass is 9.84. The van der Waals surface area contributed by atoms with Crippen LogP contribution in [0.4, 0.5) is 0 Å². The summed E-state index contributed by atoms with van der Waals surface area (Å²) in [7, 11) is 1.90. The van der Waals surface area contributed by atoms with E-state index in [1.807, 2.05) is 25.6 Å². The zero-order chi connectivity index (χ0) is 17.3. The molecule has 0 bridgehead atoms. The minimum absolute atomic E-state index is 0.113. The summed E-state index contributed by atoms with van der Waals surface area (Å²) in [6.45, 7) is 4.56. The molecule has 2 aromatic heterocycles. The lowest BCUT2D eigenvalue weighted by molar-refractivity contribution is 0.0903. The highest BCUT2D eigenvalue weighted by Gasteiger charge is 2.26. The second kappa shape index (κ2) is 6.76. The second-order valence-corrected chi connectivity index (χ2v) is 6.70. The first-order chi connectivity index (χ1) is 11.5. The molecule has 2 unspecified atom stereocenters. The maximum absolute atomic E-state index is 12.6. The van der Waals surface area contributed by atoms with Crippen LogP contribution in [0.2, 0.25) is 0 Å². The van der Waals surface area contributed by atoms with Gasteiger partial charge in [-0.15, -0.1) is 0 Å². The number of carbonyl (C=O) groups excluding carboxylic acids is 1. The second-order valence-electron chi connectivity index (χ2n) is 6.70. The molecule has 130 valence electrons. The summed E-state index contributed by atoms with van der Waals surface area (Å²) in [6.07, 6.45) is 4.42. The molecule has 1 aliphatic carbocycles. The van der Waals surface area contributed by atoms with Crippen LogP contribution >= 0.6 is 0 Å². The van der Waals surface area contributed by atoms with E-state index < -0.39 is 0 Å². The zero-order valence-electron chi connectivity index (χ0n) is 14.6. The van der Waals surface area contributed by atoms with Crippen molar-refractivity contribution in [2.45, 2.75) is 45.6 Å². The highest BCUT2D eigenvalue weighted by molar-refractivity contribution is 5.93. The third-order valence-electron chi connectivity index (χ3n) is 5.12. The van der Waals surface area contributed by atoms with Gasteiger partial charge in [0.05, 0.1) is 11.4 Å². The predicted molar refractivity (Wildman–Crippen MR) is 92.5 cm³/mol. The van der Waals surface area contributed by atoms with Crippen molar-refractivity contribution in [2.75, 3.05) is 6.54 Å². The van der Waals surface area contributed by atoms with E-state index in [1.54, 1.807) is 6.07 Å². The molecule has 1 saturated carbocycles. The lowest BCUT2D eigenvalue weighted by Gasteiger charge is -2.31. The molecule has 24 heavy (non-hydrogen) atoms. The van der Waals surface area contributed by atoms with E-state index in [0.29, 0.717) is 18.2 Å². The minimum atomic E-state index is -0.113. The number of H-pyrrole nitrogens is 1. The number of carbonyl (C=O) groups is 1. The quantitative estimate of drug-likeness (QED) is 0.793. The molecule has 2 heterocycles. The summed E-state index contributed by atoms with van der Waals surface area (Å²) in [4.78, 5) is 12.6. The van der Waals surface area contributed by atoms with E-state index >= 15 is 0 Å². The van der Waals surface area contributed by atoms with Crippen LogP contribution in [0.1, 0.15) is 47.6 Å². The Morgan fingerprint density at radius 3 is 2.83 bits per heavy atom. The summed E-state index contributed by atoms with van der Waals surface area (Å²) in [5.74, 6) is 0.256. The number of rotatable bonds is 4. The van der Waals surface area contributed by atoms with Crippen LogP contribution in [0.5, 0.6) is 0 Å². The molecule has 0 radical (unpaired) electrons. The topological polar surface area (TPSA) is 102 Å². The third kappa shape index (κ3) is 3.08. The van der Waals surface area contributed by atoms with Gasteiger partial charge in [0.25, 0.3) is 5.91 Å². The Kier molecular flexibility index (Phi) is 4.71. The third-order valence-corrected chi connectivity index (χ3v) is 5.12. The van der Waals surface area contributed by atoms with Crippen LogP contribution in [-0.2, 0) is 7.05 Å². The first-order valence-electron chi connectivity index (χ1n) is 8.58. The summed E-state index contributed by atoms with van der Waals surface area (Å²) in [6, 6.07) is 1.96. The van der Waals surface area contributed by atoms with Gasteiger partial charge < -0.3 is 11.1 Å². The average molecular weight is 330 g/mol. The molecule has 0 aliphatic heterocycles. The van der Waals surface area contributed by atoms with Gasteiger partial charge in [0.1, 0.15) is 5.69 Å². The van der Waals surface area contributed by atoms with Gasteiger partial charge in [-0.2, -0.15) is 10.2 Å². The molecule has 1 fully saturated rings. The smallest absolute Gasteiger partial charge is 0.269 e. The van der Waals surface area contributed by atoms with Crippen LogP contribution in [0, 0.1) is 19.8 Å². The van der Waals surface area contributed by atoms with Gasteiger partial charge in [-0.25, -0.2) is 0 Å². The number of amides is 1. The molecule has 0 spiro atoms. The molecule has 1 amide bonds. The molecular formula is C17H26N6O. The van der Waals surface area contributed by atoms with Gasteiger partial charge in [-0.3, -0.25) is 14.6 Å². The standard InChI is InChI=1S/C17H26N6O/c1-10-16(11(2)23(3)22-10)14-8-15(21-20-14)17(24)19-13-7-5-4-6-12(13)9-18/h8,12-13H,4-7,9,18H2,1-3H3,(H,19,24)(H,20,21). The van der Waals surface area contributed by atoms with E-state index in [9.17, 15) is 4.79 Å². The first-order valence-corrected chi connectivity index (χ1v) is 8.58. The Bertz CT molecular complexity index is 732. The van der Waals surface area contributed by atoms with Gasteiger partial charge in [-0.05, 0) is 45.2 Å². The normalized spacial score (nSPS) is 21.0. The lowest BCUT2D eigenvalue weighted by Crippen LogP contribution is -2.44. The largest absolute Gasteiger partial charge is 0.348 e. The predicted octanol–water partition coefficient (Wildman–Crippen LogP) is 1.67. The van der Waals surface area contributed by atoms with E-state index in [1.165, 1.54) is 6.42 Å². The fourth-order valence-corrected chi connectivity index (χ4v) is 3.64. The first kappa shape index (κ1) is 16.7. The van der Waals surface area contributed by atoms with Crippen LogP contribution in [0.3, 0.4) is 0 Å². The molecule has 2 atom stereocenters. The molecule has 3 rings (SSSR count). The molecule has 4 N–H and O–H groups in total. The summed E-state index contributed by atoms with van der Waals surface area (Å²) in [5.41, 5.74) is 9.99. The van der Waals surface area contributed by atoms with Crippen molar-refractivity contribution in [1.82, 2.24) is 25.3 Å². The molecule has 2 aromatic rings.